The number of rotatable bonds is 2. The summed E-state index contributed by atoms with van der Waals surface area (Å²) in [5.41, 5.74) is 1.08. The third kappa shape index (κ3) is 2.50. The molecule has 0 saturated carbocycles. The summed E-state index contributed by atoms with van der Waals surface area (Å²) in [5, 5.41) is 9.40. The van der Waals surface area contributed by atoms with Gasteiger partial charge in [-0.1, -0.05) is 12.1 Å². The van der Waals surface area contributed by atoms with Crippen molar-refractivity contribution >= 4 is 35.4 Å². The molecular formula is C15H13N3O2S. The molecule has 3 rings (SSSR count). The van der Waals surface area contributed by atoms with Crippen molar-refractivity contribution in [1.29, 1.82) is 5.41 Å². The molecule has 0 saturated heterocycles. The molecule has 2 heterocycles. The minimum absolute atomic E-state index is 0.00709. The summed E-state index contributed by atoms with van der Waals surface area (Å²) in [7, 11) is 0. The topological polar surface area (TPSA) is 65.8 Å². The Bertz CT molecular complexity index is 734. The van der Waals surface area contributed by atoms with Gasteiger partial charge >= 0.3 is 0 Å². The number of amidine groups is 2. The minimum atomic E-state index is -0.421. The van der Waals surface area contributed by atoms with Crippen molar-refractivity contribution in [2.24, 2.45) is 4.99 Å². The maximum absolute atomic E-state index is 12.1. The van der Waals surface area contributed by atoms with Gasteiger partial charge in [-0.25, -0.2) is 0 Å². The molecule has 21 heavy (non-hydrogen) atoms. The summed E-state index contributed by atoms with van der Waals surface area (Å²) < 4.78 is 0. The predicted octanol–water partition coefficient (Wildman–Crippen LogP) is 2.86. The molecule has 1 amide bonds. The summed E-state index contributed by atoms with van der Waals surface area (Å²) in [4.78, 5) is 22.5. The molecule has 0 radical (unpaired) electrons. The third-order valence-electron chi connectivity index (χ3n) is 3.09. The quantitative estimate of drug-likeness (QED) is 0.673. The van der Waals surface area contributed by atoms with Crippen molar-refractivity contribution in [3.8, 4) is 0 Å². The van der Waals surface area contributed by atoms with Crippen LogP contribution < -0.4 is 0 Å². The number of allylic oxidation sites excluding steroid dienone is 1. The Morgan fingerprint density at radius 3 is 3.00 bits per heavy atom. The standard InChI is InChI=1S/C15H13N3O2S/c1-9-6-13-17-15(19)12(14(16)18(13)20-9)8-10-4-3-5-11(7-10)21-2/h3-8,16H,1-2H3/b12-8+,16-14?. The first kappa shape index (κ1) is 13.6. The lowest BCUT2D eigenvalue weighted by molar-refractivity contribution is -0.114. The molecule has 1 aromatic carbocycles. The average molecular weight is 299 g/mol. The van der Waals surface area contributed by atoms with Crippen LogP contribution in [0.1, 0.15) is 12.5 Å². The zero-order valence-corrected chi connectivity index (χ0v) is 12.4. The van der Waals surface area contributed by atoms with Crippen molar-refractivity contribution in [3.63, 3.8) is 0 Å². The second kappa shape index (κ2) is 5.21. The van der Waals surface area contributed by atoms with Crippen LogP contribution in [0.25, 0.3) is 6.08 Å². The van der Waals surface area contributed by atoms with Gasteiger partial charge in [0.05, 0.1) is 5.57 Å². The Hall–Kier alpha value is -2.34. The van der Waals surface area contributed by atoms with Crippen LogP contribution in [0.5, 0.6) is 0 Å². The van der Waals surface area contributed by atoms with Crippen LogP contribution in [-0.2, 0) is 9.63 Å². The number of nitrogens with zero attached hydrogens (tertiary/aromatic N) is 2. The fourth-order valence-corrected chi connectivity index (χ4v) is 2.57. The smallest absolute Gasteiger partial charge is 0.282 e. The molecule has 0 bridgehead atoms. The van der Waals surface area contributed by atoms with Crippen molar-refractivity contribution in [2.75, 3.05) is 6.26 Å². The highest BCUT2D eigenvalue weighted by atomic mass is 32.2. The summed E-state index contributed by atoms with van der Waals surface area (Å²) in [5.74, 6) is 0.553. The maximum Gasteiger partial charge on any atom is 0.282 e. The molecule has 1 aromatic rings. The molecule has 5 nitrogen and oxygen atoms in total. The summed E-state index contributed by atoms with van der Waals surface area (Å²) in [6.07, 6.45) is 5.29. The summed E-state index contributed by atoms with van der Waals surface area (Å²) in [6, 6.07) is 7.77. The zero-order chi connectivity index (χ0) is 15.0. The zero-order valence-electron chi connectivity index (χ0n) is 11.6. The number of aliphatic imine (C=N–C) groups is 1. The second-order valence-corrected chi connectivity index (χ2v) is 5.48. The number of amides is 1. The predicted molar refractivity (Wildman–Crippen MR) is 83.0 cm³/mol. The van der Waals surface area contributed by atoms with Crippen LogP contribution in [0.15, 0.2) is 51.6 Å². The van der Waals surface area contributed by atoms with Gasteiger partial charge in [0.15, 0.2) is 11.7 Å². The maximum atomic E-state index is 12.1. The van der Waals surface area contributed by atoms with E-state index < -0.39 is 5.91 Å². The van der Waals surface area contributed by atoms with E-state index in [2.05, 4.69) is 4.99 Å². The molecule has 106 valence electrons. The monoisotopic (exact) mass is 299 g/mol. The number of hydrogen-bond donors (Lipinski definition) is 1. The van der Waals surface area contributed by atoms with Crippen molar-refractivity contribution in [2.45, 2.75) is 11.8 Å². The number of nitrogens with one attached hydrogen (secondary N) is 1. The third-order valence-corrected chi connectivity index (χ3v) is 3.81. The lowest BCUT2D eigenvalue weighted by Crippen LogP contribution is -2.38. The van der Waals surface area contributed by atoms with Gasteiger partial charge in [0.1, 0.15) is 5.76 Å². The number of fused-ring (bicyclic) bond motifs is 1. The van der Waals surface area contributed by atoms with Crippen LogP contribution in [0, 0.1) is 5.41 Å². The highest BCUT2D eigenvalue weighted by Gasteiger charge is 2.34. The lowest BCUT2D eigenvalue weighted by Gasteiger charge is -2.22. The molecule has 2 aliphatic rings. The molecule has 0 aromatic heterocycles. The van der Waals surface area contributed by atoms with Gasteiger partial charge in [-0.2, -0.15) is 4.99 Å². The van der Waals surface area contributed by atoms with Gasteiger partial charge in [-0.3, -0.25) is 10.2 Å². The number of hydroxylamine groups is 2. The van der Waals surface area contributed by atoms with Gasteiger partial charge in [-0.15, -0.1) is 16.8 Å². The van der Waals surface area contributed by atoms with Gasteiger partial charge in [0.25, 0.3) is 5.91 Å². The van der Waals surface area contributed by atoms with E-state index in [1.165, 1.54) is 5.06 Å². The van der Waals surface area contributed by atoms with Crippen LogP contribution >= 0.6 is 11.8 Å². The molecule has 0 aliphatic carbocycles. The van der Waals surface area contributed by atoms with E-state index in [1.807, 2.05) is 30.5 Å². The van der Waals surface area contributed by atoms with Gasteiger partial charge in [0.2, 0.25) is 0 Å². The van der Waals surface area contributed by atoms with Crippen molar-refractivity contribution < 1.29 is 9.63 Å². The van der Waals surface area contributed by atoms with Crippen LogP contribution in [0.4, 0.5) is 0 Å². The van der Waals surface area contributed by atoms with E-state index in [1.54, 1.807) is 30.8 Å². The Morgan fingerprint density at radius 2 is 2.24 bits per heavy atom. The van der Waals surface area contributed by atoms with Crippen LogP contribution in [0.3, 0.4) is 0 Å². The molecule has 0 atom stereocenters. The van der Waals surface area contributed by atoms with E-state index in [9.17, 15) is 4.79 Å². The van der Waals surface area contributed by atoms with Gasteiger partial charge < -0.3 is 4.84 Å². The summed E-state index contributed by atoms with van der Waals surface area (Å²) >= 11 is 1.62. The van der Waals surface area contributed by atoms with Gasteiger partial charge in [-0.05, 0) is 37.0 Å². The molecule has 2 aliphatic heterocycles. The Morgan fingerprint density at radius 1 is 1.43 bits per heavy atom. The first-order valence-electron chi connectivity index (χ1n) is 6.32. The van der Waals surface area contributed by atoms with Crippen LogP contribution in [-0.4, -0.2) is 28.9 Å². The van der Waals surface area contributed by atoms with E-state index in [4.69, 9.17) is 10.2 Å². The lowest BCUT2D eigenvalue weighted by atomic mass is 10.1. The normalized spacial score (nSPS) is 19.3. The highest BCUT2D eigenvalue weighted by Crippen LogP contribution is 2.24. The molecule has 0 fully saturated rings. The van der Waals surface area contributed by atoms with E-state index >= 15 is 0 Å². The van der Waals surface area contributed by atoms with E-state index in [0.29, 0.717) is 11.6 Å². The molecule has 0 unspecified atom stereocenters. The number of thioether (sulfide) groups is 1. The average Bonchev–Trinajstić information content (AvgIpc) is 2.84. The number of carbonyl (C=O) groups is 1. The van der Waals surface area contributed by atoms with Crippen molar-refractivity contribution in [1.82, 2.24) is 5.06 Å². The second-order valence-electron chi connectivity index (χ2n) is 4.60. The molecule has 1 N–H and O–H groups in total. The Kier molecular flexibility index (Phi) is 3.39. The van der Waals surface area contributed by atoms with Crippen molar-refractivity contribution in [3.05, 3.63) is 47.2 Å². The SMILES string of the molecule is CSc1cccc(/C=C2\C(=N)N3OC(C)=CC3=NC2=O)c1. The molecule has 6 heteroatoms. The first-order valence-corrected chi connectivity index (χ1v) is 7.55. The molecular weight excluding hydrogens is 286 g/mol. The van der Waals surface area contributed by atoms with Crippen LogP contribution in [0.2, 0.25) is 0 Å². The highest BCUT2D eigenvalue weighted by molar-refractivity contribution is 7.98. The number of benzene rings is 1. The van der Waals surface area contributed by atoms with Gasteiger partial charge in [0, 0.05) is 11.0 Å². The molecule has 0 spiro atoms. The number of carbonyl (C=O) groups excluding carboxylic acids is 1. The van der Waals surface area contributed by atoms with E-state index in [0.717, 1.165) is 10.5 Å². The fraction of sp³-hybridized carbons (Fsp3) is 0.133. The largest absolute Gasteiger partial charge is 0.376 e. The summed E-state index contributed by atoms with van der Waals surface area (Å²) in [6.45, 7) is 1.75. The number of hydrogen-bond acceptors (Lipinski definition) is 4. The van der Waals surface area contributed by atoms with E-state index in [-0.39, 0.29) is 11.4 Å². The first-order chi connectivity index (χ1) is 10.1. The minimum Gasteiger partial charge on any atom is -0.376 e. The Labute approximate surface area is 126 Å². The fourth-order valence-electron chi connectivity index (χ4n) is 2.10. The Balaban J connectivity index is 1.98.